The van der Waals surface area contributed by atoms with Gasteiger partial charge in [0.05, 0.1) is 10.5 Å². The Kier molecular flexibility index (Phi) is 6.76. The van der Waals surface area contributed by atoms with E-state index in [4.69, 9.17) is 4.74 Å². The van der Waals surface area contributed by atoms with Crippen molar-refractivity contribution in [1.82, 2.24) is 4.31 Å². The maximum Gasteiger partial charge on any atom is 0.338 e. The predicted molar refractivity (Wildman–Crippen MR) is 105 cm³/mol. The normalized spacial score (nSPS) is 15.5. The van der Waals surface area contributed by atoms with Crippen LogP contribution in [0.25, 0.3) is 0 Å². The van der Waals surface area contributed by atoms with Crippen LogP contribution in [-0.4, -0.2) is 44.2 Å². The molecule has 1 saturated heterocycles. The van der Waals surface area contributed by atoms with E-state index in [2.05, 4.69) is 0 Å². The maximum atomic E-state index is 12.9. The lowest BCUT2D eigenvalue weighted by atomic mass is 10.1. The number of hydrogen-bond donors (Lipinski definition) is 0. The zero-order valence-electron chi connectivity index (χ0n) is 15.8. The van der Waals surface area contributed by atoms with E-state index >= 15 is 0 Å². The molecule has 0 saturated carbocycles. The Labute approximate surface area is 169 Å². The lowest BCUT2D eigenvalue weighted by Crippen LogP contribution is -2.31. The molecule has 2 aromatic rings. The summed E-state index contributed by atoms with van der Waals surface area (Å²) in [4.78, 5) is 24.3. The molecule has 0 aromatic heterocycles. The number of benzene rings is 2. The molecule has 0 spiro atoms. The van der Waals surface area contributed by atoms with Crippen molar-refractivity contribution in [2.75, 3.05) is 19.7 Å². The SMILES string of the molecule is O=C(COC(=O)c1ccc(S(=O)(=O)N2CCCCCC2)cc1)c1ccc(F)cc1. The first-order valence-corrected chi connectivity index (χ1v) is 10.9. The first kappa shape index (κ1) is 21.1. The van der Waals surface area contributed by atoms with Gasteiger partial charge in [0.25, 0.3) is 0 Å². The second-order valence-electron chi connectivity index (χ2n) is 6.85. The van der Waals surface area contributed by atoms with Gasteiger partial charge in [-0.25, -0.2) is 17.6 Å². The van der Waals surface area contributed by atoms with Gasteiger partial charge in [0.1, 0.15) is 5.82 Å². The molecule has 0 bridgehead atoms. The van der Waals surface area contributed by atoms with Gasteiger partial charge in [-0.15, -0.1) is 0 Å². The van der Waals surface area contributed by atoms with Crippen molar-refractivity contribution < 1.29 is 27.1 Å². The molecular weight excluding hydrogens is 397 g/mol. The molecule has 0 unspecified atom stereocenters. The van der Waals surface area contributed by atoms with Gasteiger partial charge in [-0.2, -0.15) is 4.31 Å². The highest BCUT2D eigenvalue weighted by molar-refractivity contribution is 7.89. The standard InChI is InChI=1S/C21H22FNO5S/c22-18-9-5-16(6-10-18)20(24)15-28-21(25)17-7-11-19(12-8-17)29(26,27)23-13-3-1-2-4-14-23/h5-12H,1-4,13-15H2. The first-order valence-electron chi connectivity index (χ1n) is 9.44. The minimum Gasteiger partial charge on any atom is -0.454 e. The Morgan fingerprint density at radius 2 is 1.41 bits per heavy atom. The second-order valence-corrected chi connectivity index (χ2v) is 8.79. The van der Waals surface area contributed by atoms with E-state index in [9.17, 15) is 22.4 Å². The smallest absolute Gasteiger partial charge is 0.338 e. The number of ketones is 1. The zero-order chi connectivity index (χ0) is 20.9. The molecule has 8 heteroatoms. The van der Waals surface area contributed by atoms with Gasteiger partial charge in [0, 0.05) is 18.7 Å². The number of nitrogens with zero attached hydrogens (tertiary/aromatic N) is 1. The molecule has 1 fully saturated rings. The van der Waals surface area contributed by atoms with Gasteiger partial charge < -0.3 is 4.74 Å². The molecule has 1 heterocycles. The average molecular weight is 419 g/mol. The van der Waals surface area contributed by atoms with Gasteiger partial charge in [0.15, 0.2) is 12.4 Å². The summed E-state index contributed by atoms with van der Waals surface area (Å²) in [5.74, 6) is -1.66. The molecule has 1 aliphatic rings. The number of carbonyl (C=O) groups is 2. The van der Waals surface area contributed by atoms with Crippen LogP contribution in [0.15, 0.2) is 53.4 Å². The van der Waals surface area contributed by atoms with Crippen molar-refractivity contribution in [3.8, 4) is 0 Å². The summed E-state index contributed by atoms with van der Waals surface area (Å²) >= 11 is 0. The van der Waals surface area contributed by atoms with Crippen LogP contribution < -0.4 is 0 Å². The van der Waals surface area contributed by atoms with Crippen LogP contribution in [0.2, 0.25) is 0 Å². The van der Waals surface area contributed by atoms with Crippen LogP contribution in [0.5, 0.6) is 0 Å². The summed E-state index contributed by atoms with van der Waals surface area (Å²) in [5, 5.41) is 0. The molecule has 0 amide bonds. The number of rotatable bonds is 6. The third-order valence-corrected chi connectivity index (χ3v) is 6.71. The molecule has 0 N–H and O–H groups in total. The van der Waals surface area contributed by atoms with Crippen molar-refractivity contribution in [3.63, 3.8) is 0 Å². The van der Waals surface area contributed by atoms with Gasteiger partial charge in [0.2, 0.25) is 10.0 Å². The number of ether oxygens (including phenoxy) is 1. The van der Waals surface area contributed by atoms with E-state index < -0.39 is 34.2 Å². The Bertz CT molecular complexity index is 963. The molecule has 0 radical (unpaired) electrons. The molecule has 29 heavy (non-hydrogen) atoms. The maximum absolute atomic E-state index is 12.9. The van der Waals surface area contributed by atoms with Crippen LogP contribution in [-0.2, 0) is 14.8 Å². The fraction of sp³-hybridized carbons (Fsp3) is 0.333. The van der Waals surface area contributed by atoms with E-state index in [1.165, 1.54) is 40.7 Å². The van der Waals surface area contributed by atoms with E-state index in [0.717, 1.165) is 37.8 Å². The number of Topliss-reactive ketones (excluding diaryl/α,β-unsaturated/α-hetero) is 1. The summed E-state index contributed by atoms with van der Waals surface area (Å²) in [6.07, 6.45) is 3.72. The monoisotopic (exact) mass is 419 g/mol. The number of esters is 1. The summed E-state index contributed by atoms with van der Waals surface area (Å²) in [5.41, 5.74) is 0.379. The van der Waals surface area contributed by atoms with Gasteiger partial charge in [-0.1, -0.05) is 12.8 Å². The van der Waals surface area contributed by atoms with Crippen LogP contribution in [0, 0.1) is 5.82 Å². The lowest BCUT2D eigenvalue weighted by Gasteiger charge is -2.19. The van der Waals surface area contributed by atoms with Crippen molar-refractivity contribution >= 4 is 21.8 Å². The van der Waals surface area contributed by atoms with Crippen LogP contribution in [0.1, 0.15) is 46.4 Å². The van der Waals surface area contributed by atoms with E-state index in [1.54, 1.807) is 0 Å². The summed E-state index contributed by atoms with van der Waals surface area (Å²) < 4.78 is 44.9. The molecule has 3 rings (SSSR count). The third kappa shape index (κ3) is 5.27. The molecule has 154 valence electrons. The molecule has 1 aliphatic heterocycles. The second kappa shape index (κ2) is 9.28. The Morgan fingerprint density at radius 3 is 2.00 bits per heavy atom. The predicted octanol–water partition coefficient (Wildman–Crippen LogP) is 3.43. The Hall–Kier alpha value is -2.58. The number of halogens is 1. The van der Waals surface area contributed by atoms with Gasteiger partial charge in [-0.05, 0) is 61.4 Å². The number of carbonyl (C=O) groups excluding carboxylic acids is 2. The molecule has 0 aliphatic carbocycles. The average Bonchev–Trinajstić information content (AvgIpc) is 3.02. The van der Waals surface area contributed by atoms with Crippen molar-refractivity contribution in [2.24, 2.45) is 0 Å². The molecule has 6 nitrogen and oxygen atoms in total. The Balaban J connectivity index is 1.62. The quantitative estimate of drug-likeness (QED) is 0.529. The highest BCUT2D eigenvalue weighted by atomic mass is 32.2. The summed E-state index contributed by atoms with van der Waals surface area (Å²) in [6, 6.07) is 10.4. The molecular formula is C21H22FNO5S. The van der Waals surface area contributed by atoms with Crippen LogP contribution in [0.4, 0.5) is 4.39 Å². The highest BCUT2D eigenvalue weighted by Crippen LogP contribution is 2.21. The topological polar surface area (TPSA) is 80.8 Å². The van der Waals surface area contributed by atoms with Crippen molar-refractivity contribution in [3.05, 3.63) is 65.5 Å². The zero-order valence-corrected chi connectivity index (χ0v) is 16.7. The molecule has 2 aromatic carbocycles. The minimum atomic E-state index is -3.60. The highest BCUT2D eigenvalue weighted by Gasteiger charge is 2.25. The number of hydrogen-bond acceptors (Lipinski definition) is 5. The van der Waals surface area contributed by atoms with E-state index in [0.29, 0.717) is 13.1 Å². The summed E-state index contributed by atoms with van der Waals surface area (Å²) in [6.45, 7) is 0.507. The molecule has 0 atom stereocenters. The van der Waals surface area contributed by atoms with E-state index in [1.807, 2.05) is 0 Å². The largest absolute Gasteiger partial charge is 0.454 e. The van der Waals surface area contributed by atoms with E-state index in [-0.39, 0.29) is 16.0 Å². The van der Waals surface area contributed by atoms with Gasteiger partial charge >= 0.3 is 5.97 Å². The third-order valence-electron chi connectivity index (χ3n) is 4.79. The number of sulfonamides is 1. The Morgan fingerprint density at radius 1 is 0.862 bits per heavy atom. The van der Waals surface area contributed by atoms with Gasteiger partial charge in [-0.3, -0.25) is 4.79 Å². The van der Waals surface area contributed by atoms with Crippen molar-refractivity contribution in [1.29, 1.82) is 0 Å². The fourth-order valence-electron chi connectivity index (χ4n) is 3.13. The van der Waals surface area contributed by atoms with Crippen LogP contribution in [0.3, 0.4) is 0 Å². The minimum absolute atomic E-state index is 0.123. The lowest BCUT2D eigenvalue weighted by molar-refractivity contribution is 0.0474. The fourth-order valence-corrected chi connectivity index (χ4v) is 4.64. The van der Waals surface area contributed by atoms with Crippen molar-refractivity contribution in [2.45, 2.75) is 30.6 Å². The summed E-state index contributed by atoms with van der Waals surface area (Å²) in [7, 11) is -3.60. The first-order chi connectivity index (χ1) is 13.9. The van der Waals surface area contributed by atoms with Crippen LogP contribution >= 0.6 is 0 Å².